The first-order chi connectivity index (χ1) is 7.75. The SMILES string of the molecule is O=C(O)c1ccc2onc(C3CCC3)c2c1. The van der Waals surface area contributed by atoms with E-state index in [0.29, 0.717) is 11.5 Å². The van der Waals surface area contributed by atoms with E-state index in [2.05, 4.69) is 5.16 Å². The molecule has 1 aromatic carbocycles. The minimum absolute atomic E-state index is 0.288. The largest absolute Gasteiger partial charge is 0.478 e. The first kappa shape index (κ1) is 9.39. The van der Waals surface area contributed by atoms with Gasteiger partial charge in [0.1, 0.15) is 0 Å². The Kier molecular flexibility index (Phi) is 1.96. The van der Waals surface area contributed by atoms with Gasteiger partial charge in [0, 0.05) is 11.3 Å². The van der Waals surface area contributed by atoms with Gasteiger partial charge in [-0.25, -0.2) is 4.79 Å². The molecule has 0 unspecified atom stereocenters. The molecule has 0 spiro atoms. The molecule has 1 fully saturated rings. The topological polar surface area (TPSA) is 63.3 Å². The average molecular weight is 217 g/mol. The number of rotatable bonds is 2. The van der Waals surface area contributed by atoms with Crippen LogP contribution in [0.3, 0.4) is 0 Å². The molecule has 1 saturated carbocycles. The third-order valence-electron chi connectivity index (χ3n) is 3.24. The third kappa shape index (κ3) is 1.30. The van der Waals surface area contributed by atoms with Gasteiger partial charge in [-0.15, -0.1) is 0 Å². The zero-order chi connectivity index (χ0) is 11.1. The highest BCUT2D eigenvalue weighted by Crippen LogP contribution is 2.39. The van der Waals surface area contributed by atoms with E-state index in [9.17, 15) is 4.79 Å². The molecule has 4 heteroatoms. The van der Waals surface area contributed by atoms with E-state index in [0.717, 1.165) is 23.9 Å². The maximum absolute atomic E-state index is 10.9. The molecule has 0 amide bonds. The predicted molar refractivity (Wildman–Crippen MR) is 57.6 cm³/mol. The highest BCUT2D eigenvalue weighted by atomic mass is 16.5. The number of carboxylic acid groups (broad SMARTS) is 1. The van der Waals surface area contributed by atoms with E-state index in [1.165, 1.54) is 6.42 Å². The first-order valence-electron chi connectivity index (χ1n) is 5.38. The molecule has 0 saturated heterocycles. The summed E-state index contributed by atoms with van der Waals surface area (Å²) in [5.74, 6) is -0.465. The van der Waals surface area contributed by atoms with Crippen LogP contribution in [0.5, 0.6) is 0 Å². The Morgan fingerprint density at radius 2 is 2.25 bits per heavy atom. The number of nitrogens with zero attached hydrogens (tertiary/aromatic N) is 1. The van der Waals surface area contributed by atoms with E-state index in [1.54, 1.807) is 18.2 Å². The van der Waals surface area contributed by atoms with Gasteiger partial charge in [0.15, 0.2) is 5.58 Å². The number of benzene rings is 1. The first-order valence-corrected chi connectivity index (χ1v) is 5.38. The number of carboxylic acids is 1. The van der Waals surface area contributed by atoms with E-state index in [4.69, 9.17) is 9.63 Å². The van der Waals surface area contributed by atoms with Gasteiger partial charge in [-0.1, -0.05) is 11.6 Å². The summed E-state index contributed by atoms with van der Waals surface area (Å²) < 4.78 is 5.20. The summed E-state index contributed by atoms with van der Waals surface area (Å²) >= 11 is 0. The molecule has 1 aliphatic rings. The van der Waals surface area contributed by atoms with Gasteiger partial charge < -0.3 is 9.63 Å². The number of hydrogen-bond donors (Lipinski definition) is 1. The zero-order valence-corrected chi connectivity index (χ0v) is 8.64. The summed E-state index contributed by atoms with van der Waals surface area (Å²) in [6.45, 7) is 0. The molecular formula is C12H11NO3. The highest BCUT2D eigenvalue weighted by Gasteiger charge is 2.25. The molecule has 4 nitrogen and oxygen atoms in total. The second kappa shape index (κ2) is 3.33. The molecule has 0 bridgehead atoms. The molecule has 1 aromatic heterocycles. The van der Waals surface area contributed by atoms with Crippen LogP contribution in [-0.4, -0.2) is 16.2 Å². The maximum Gasteiger partial charge on any atom is 0.335 e. The Bertz CT molecular complexity index is 554. The summed E-state index contributed by atoms with van der Waals surface area (Å²) in [7, 11) is 0. The van der Waals surface area contributed by atoms with Gasteiger partial charge in [-0.2, -0.15) is 0 Å². The van der Waals surface area contributed by atoms with E-state index < -0.39 is 5.97 Å². The summed E-state index contributed by atoms with van der Waals surface area (Å²) in [5, 5.41) is 13.8. The van der Waals surface area contributed by atoms with Gasteiger partial charge in [0.2, 0.25) is 0 Å². The van der Waals surface area contributed by atoms with Crippen molar-refractivity contribution in [2.24, 2.45) is 0 Å². The normalized spacial score (nSPS) is 16.2. The van der Waals surface area contributed by atoms with Crippen molar-refractivity contribution in [1.29, 1.82) is 0 Å². The number of aromatic nitrogens is 1. The molecular weight excluding hydrogens is 206 g/mol. The van der Waals surface area contributed by atoms with Gasteiger partial charge in [-0.3, -0.25) is 0 Å². The van der Waals surface area contributed by atoms with Crippen LogP contribution in [-0.2, 0) is 0 Å². The van der Waals surface area contributed by atoms with Crippen LogP contribution < -0.4 is 0 Å². The Morgan fingerprint density at radius 1 is 1.44 bits per heavy atom. The van der Waals surface area contributed by atoms with E-state index in [-0.39, 0.29) is 5.56 Å². The molecule has 0 atom stereocenters. The number of carbonyl (C=O) groups is 1. The lowest BCUT2D eigenvalue weighted by molar-refractivity contribution is 0.0697. The van der Waals surface area contributed by atoms with Crippen LogP contribution in [0.1, 0.15) is 41.2 Å². The maximum atomic E-state index is 10.9. The van der Waals surface area contributed by atoms with Gasteiger partial charge in [0.05, 0.1) is 11.3 Å². The third-order valence-corrected chi connectivity index (χ3v) is 3.24. The standard InChI is InChI=1S/C12H11NO3/c14-12(15)8-4-5-10-9(6-8)11(13-16-10)7-2-1-3-7/h4-7H,1-3H2,(H,14,15). The molecule has 0 aliphatic heterocycles. The molecule has 1 heterocycles. The van der Waals surface area contributed by atoms with E-state index in [1.807, 2.05) is 0 Å². The predicted octanol–water partition coefficient (Wildman–Crippen LogP) is 2.79. The summed E-state index contributed by atoms with van der Waals surface area (Å²) in [6, 6.07) is 4.87. The lowest BCUT2D eigenvalue weighted by atomic mass is 9.82. The van der Waals surface area contributed by atoms with Crippen LogP contribution in [0.15, 0.2) is 22.7 Å². The number of aromatic carboxylic acids is 1. The minimum atomic E-state index is -0.914. The lowest BCUT2D eigenvalue weighted by Crippen LogP contribution is -2.09. The quantitative estimate of drug-likeness (QED) is 0.840. The Morgan fingerprint density at radius 3 is 2.88 bits per heavy atom. The average Bonchev–Trinajstić information content (AvgIpc) is 2.59. The van der Waals surface area contributed by atoms with Crippen molar-refractivity contribution >= 4 is 16.9 Å². The molecule has 82 valence electrons. The minimum Gasteiger partial charge on any atom is -0.478 e. The van der Waals surface area contributed by atoms with Gasteiger partial charge >= 0.3 is 5.97 Å². The van der Waals surface area contributed by atoms with Crippen molar-refractivity contribution in [3.63, 3.8) is 0 Å². The fraction of sp³-hybridized carbons (Fsp3) is 0.333. The van der Waals surface area contributed by atoms with Crippen LogP contribution in [0.4, 0.5) is 0 Å². The van der Waals surface area contributed by atoms with Crippen LogP contribution >= 0.6 is 0 Å². The van der Waals surface area contributed by atoms with Crippen molar-refractivity contribution in [2.75, 3.05) is 0 Å². The summed E-state index contributed by atoms with van der Waals surface area (Å²) in [6.07, 6.45) is 3.47. The monoisotopic (exact) mass is 217 g/mol. The fourth-order valence-corrected chi connectivity index (χ4v) is 2.07. The zero-order valence-electron chi connectivity index (χ0n) is 8.64. The number of hydrogen-bond acceptors (Lipinski definition) is 3. The van der Waals surface area contributed by atoms with Gasteiger partial charge in [0.25, 0.3) is 0 Å². The van der Waals surface area contributed by atoms with Crippen molar-refractivity contribution in [3.05, 3.63) is 29.5 Å². The van der Waals surface area contributed by atoms with Crippen molar-refractivity contribution in [2.45, 2.75) is 25.2 Å². The van der Waals surface area contributed by atoms with E-state index >= 15 is 0 Å². The van der Waals surface area contributed by atoms with Crippen molar-refractivity contribution in [1.82, 2.24) is 5.16 Å². The molecule has 0 radical (unpaired) electrons. The Hall–Kier alpha value is -1.84. The second-order valence-corrected chi connectivity index (χ2v) is 4.21. The Labute approximate surface area is 91.9 Å². The molecule has 16 heavy (non-hydrogen) atoms. The number of fused-ring (bicyclic) bond motifs is 1. The molecule has 2 aromatic rings. The molecule has 3 rings (SSSR count). The van der Waals surface area contributed by atoms with Gasteiger partial charge in [-0.05, 0) is 31.0 Å². The smallest absolute Gasteiger partial charge is 0.335 e. The lowest BCUT2D eigenvalue weighted by Gasteiger charge is -2.22. The highest BCUT2D eigenvalue weighted by molar-refractivity contribution is 5.93. The Balaban J connectivity index is 2.15. The second-order valence-electron chi connectivity index (χ2n) is 4.21. The van der Waals surface area contributed by atoms with Crippen LogP contribution in [0.2, 0.25) is 0 Å². The fourth-order valence-electron chi connectivity index (χ4n) is 2.07. The molecule has 1 aliphatic carbocycles. The summed E-state index contributed by atoms with van der Waals surface area (Å²) in [4.78, 5) is 10.9. The molecule has 1 N–H and O–H groups in total. The van der Waals surface area contributed by atoms with Crippen molar-refractivity contribution < 1.29 is 14.4 Å². The summed E-state index contributed by atoms with van der Waals surface area (Å²) in [5.41, 5.74) is 1.88. The van der Waals surface area contributed by atoms with Crippen LogP contribution in [0, 0.1) is 0 Å². The van der Waals surface area contributed by atoms with Crippen molar-refractivity contribution in [3.8, 4) is 0 Å². The van der Waals surface area contributed by atoms with Crippen LogP contribution in [0.25, 0.3) is 11.0 Å².